The summed E-state index contributed by atoms with van der Waals surface area (Å²) in [5.74, 6) is 0.519. The Bertz CT molecular complexity index is 840. The first-order valence-corrected chi connectivity index (χ1v) is 10.5. The molecule has 1 fully saturated rings. The predicted octanol–water partition coefficient (Wildman–Crippen LogP) is 2.69. The molecule has 0 radical (unpaired) electrons. The zero-order valence-electron chi connectivity index (χ0n) is 18.0. The summed E-state index contributed by atoms with van der Waals surface area (Å²) in [4.78, 5) is 16.2. The van der Waals surface area contributed by atoms with Crippen molar-refractivity contribution in [2.75, 3.05) is 32.1 Å². The molecule has 4 unspecified atom stereocenters. The fourth-order valence-electron chi connectivity index (χ4n) is 6.24. The topological polar surface area (TPSA) is 62.2 Å². The number of fused-ring (bicyclic) bond motifs is 4. The molecule has 29 heavy (non-hydrogen) atoms. The molecule has 3 aliphatic heterocycles. The number of ether oxygens (including phenoxy) is 2. The number of hydrogen-bond donors (Lipinski definition) is 1. The van der Waals surface area contributed by atoms with E-state index in [2.05, 4.69) is 30.0 Å². The highest BCUT2D eigenvalue weighted by Gasteiger charge is 2.65. The van der Waals surface area contributed by atoms with Crippen molar-refractivity contribution in [2.45, 2.75) is 57.4 Å². The number of anilines is 1. The van der Waals surface area contributed by atoms with Crippen molar-refractivity contribution in [3.05, 3.63) is 35.9 Å². The second-order valence-corrected chi connectivity index (χ2v) is 8.68. The van der Waals surface area contributed by atoms with E-state index in [1.54, 1.807) is 7.11 Å². The smallest absolute Gasteiger partial charge is 0.302 e. The predicted molar refractivity (Wildman–Crippen MR) is 112 cm³/mol. The van der Waals surface area contributed by atoms with E-state index < -0.39 is 11.6 Å². The molecule has 1 spiro atoms. The summed E-state index contributed by atoms with van der Waals surface area (Å²) in [6.07, 6.45) is 5.18. The van der Waals surface area contributed by atoms with Crippen LogP contribution in [0.3, 0.4) is 0 Å². The highest BCUT2D eigenvalue weighted by atomic mass is 16.5. The first-order chi connectivity index (χ1) is 13.8. The van der Waals surface area contributed by atoms with Gasteiger partial charge >= 0.3 is 5.97 Å². The van der Waals surface area contributed by atoms with Gasteiger partial charge in [-0.2, -0.15) is 0 Å². The third kappa shape index (κ3) is 2.65. The number of benzene rings is 1. The molecule has 6 heteroatoms. The number of rotatable bonds is 4. The molecule has 3 aliphatic rings. The van der Waals surface area contributed by atoms with Gasteiger partial charge in [-0.1, -0.05) is 25.1 Å². The lowest BCUT2D eigenvalue weighted by atomic mass is 9.59. The van der Waals surface area contributed by atoms with E-state index in [0.29, 0.717) is 0 Å². The van der Waals surface area contributed by atoms with Crippen LogP contribution >= 0.6 is 0 Å². The maximum atomic E-state index is 11.8. The Morgan fingerprint density at radius 3 is 2.83 bits per heavy atom. The van der Waals surface area contributed by atoms with Gasteiger partial charge in [0.1, 0.15) is 18.1 Å². The van der Waals surface area contributed by atoms with Crippen molar-refractivity contribution in [2.24, 2.45) is 5.41 Å². The van der Waals surface area contributed by atoms with Crippen LogP contribution in [0.5, 0.6) is 5.75 Å². The molecule has 0 amide bonds. The molecule has 0 saturated carbocycles. The number of aliphatic hydroxyl groups excluding tert-OH is 1. The Morgan fingerprint density at radius 2 is 2.17 bits per heavy atom. The van der Waals surface area contributed by atoms with Crippen LogP contribution in [-0.4, -0.2) is 61.6 Å². The van der Waals surface area contributed by atoms with E-state index in [1.165, 1.54) is 6.92 Å². The van der Waals surface area contributed by atoms with Crippen LogP contribution in [-0.2, 0) is 14.9 Å². The highest BCUT2D eigenvalue weighted by molar-refractivity contribution is 5.68. The van der Waals surface area contributed by atoms with Crippen LogP contribution in [0, 0.1) is 5.41 Å². The quantitative estimate of drug-likeness (QED) is 0.619. The summed E-state index contributed by atoms with van der Waals surface area (Å²) < 4.78 is 11.2. The Balaban J connectivity index is 1.89. The average molecular weight is 401 g/mol. The highest BCUT2D eigenvalue weighted by Crippen LogP contribution is 2.59. The molecule has 1 aromatic carbocycles. The van der Waals surface area contributed by atoms with Crippen molar-refractivity contribution < 1.29 is 19.4 Å². The van der Waals surface area contributed by atoms with Gasteiger partial charge in [0.15, 0.2) is 0 Å². The molecule has 1 saturated heterocycles. The number of carbonyl (C=O) groups is 1. The summed E-state index contributed by atoms with van der Waals surface area (Å²) in [6, 6.07) is 6.14. The van der Waals surface area contributed by atoms with E-state index in [1.807, 2.05) is 31.0 Å². The van der Waals surface area contributed by atoms with Crippen LogP contribution in [0.4, 0.5) is 5.69 Å². The van der Waals surface area contributed by atoms with Gasteiger partial charge in [0.2, 0.25) is 0 Å². The zero-order chi connectivity index (χ0) is 21.0. The Kier molecular flexibility index (Phi) is 4.90. The van der Waals surface area contributed by atoms with Gasteiger partial charge in [0, 0.05) is 43.7 Å². The first kappa shape index (κ1) is 20.2. The van der Waals surface area contributed by atoms with Crippen molar-refractivity contribution in [3.8, 4) is 5.75 Å². The minimum atomic E-state index is -0.651. The minimum absolute atomic E-state index is 0.0337. The summed E-state index contributed by atoms with van der Waals surface area (Å²) in [6.45, 7) is 7.36. The standard InChI is InChI=1S/C23H32N2O4/c1-6-22(15(2)29-16(3)26)10-7-12-25-13-11-23(20(22)25)18-9-8-17(28-5)14-19(18)24(4)21(23)27/h7-10,14-15,20-21,27H,6,11-13H2,1-5H3/t15?,20?,21?,22-,23?/m0/s1. The summed E-state index contributed by atoms with van der Waals surface area (Å²) in [5.41, 5.74) is 1.34. The molecule has 3 heterocycles. The lowest BCUT2D eigenvalue weighted by Crippen LogP contribution is -2.62. The zero-order valence-corrected chi connectivity index (χ0v) is 18.0. The molecule has 158 valence electrons. The molecule has 5 atom stereocenters. The minimum Gasteiger partial charge on any atom is -0.497 e. The van der Waals surface area contributed by atoms with Crippen molar-refractivity contribution in [1.29, 1.82) is 0 Å². The average Bonchev–Trinajstić information content (AvgIpc) is 3.20. The van der Waals surface area contributed by atoms with E-state index >= 15 is 0 Å². The van der Waals surface area contributed by atoms with Gasteiger partial charge in [0.05, 0.1) is 12.5 Å². The Morgan fingerprint density at radius 1 is 1.41 bits per heavy atom. The monoisotopic (exact) mass is 400 g/mol. The largest absolute Gasteiger partial charge is 0.497 e. The number of carbonyl (C=O) groups excluding carboxylic acids is 1. The van der Waals surface area contributed by atoms with E-state index in [4.69, 9.17) is 9.47 Å². The maximum Gasteiger partial charge on any atom is 0.302 e. The molecular weight excluding hydrogens is 368 g/mol. The maximum absolute atomic E-state index is 11.8. The van der Waals surface area contributed by atoms with E-state index in [9.17, 15) is 9.90 Å². The van der Waals surface area contributed by atoms with Crippen molar-refractivity contribution >= 4 is 11.7 Å². The van der Waals surface area contributed by atoms with Gasteiger partial charge in [-0.3, -0.25) is 9.69 Å². The SMILES string of the molecule is CC[C@@]1(C(C)OC(C)=O)C=CCN2CCC3(c4ccc(OC)cc4N(C)C3O)C21. The van der Waals surface area contributed by atoms with Crippen LogP contribution in [0.25, 0.3) is 0 Å². The second-order valence-electron chi connectivity index (χ2n) is 8.68. The number of likely N-dealkylation sites (N-methyl/N-ethyl adjacent to an activating group) is 1. The number of aliphatic hydroxyl groups is 1. The fourth-order valence-corrected chi connectivity index (χ4v) is 6.24. The molecule has 0 aromatic heterocycles. The van der Waals surface area contributed by atoms with Crippen molar-refractivity contribution in [3.63, 3.8) is 0 Å². The van der Waals surface area contributed by atoms with Gasteiger partial charge in [-0.05, 0) is 37.9 Å². The molecule has 4 rings (SSSR count). The first-order valence-electron chi connectivity index (χ1n) is 10.5. The van der Waals surface area contributed by atoms with Gasteiger partial charge < -0.3 is 19.5 Å². The third-order valence-electron chi connectivity index (χ3n) is 7.57. The summed E-state index contributed by atoms with van der Waals surface area (Å²) in [5, 5.41) is 11.6. The number of nitrogens with zero attached hydrogens (tertiary/aromatic N) is 2. The summed E-state index contributed by atoms with van der Waals surface area (Å²) >= 11 is 0. The Hall–Kier alpha value is -2.05. The molecule has 1 N–H and O–H groups in total. The molecule has 6 nitrogen and oxygen atoms in total. The number of hydrogen-bond acceptors (Lipinski definition) is 6. The Labute approximate surface area is 173 Å². The molecule has 0 bridgehead atoms. The van der Waals surface area contributed by atoms with Crippen LogP contribution in [0.1, 0.15) is 39.2 Å². The van der Waals surface area contributed by atoms with Crippen LogP contribution < -0.4 is 9.64 Å². The van der Waals surface area contributed by atoms with E-state index in [-0.39, 0.29) is 23.5 Å². The third-order valence-corrected chi connectivity index (χ3v) is 7.57. The van der Waals surface area contributed by atoms with Crippen LogP contribution in [0.2, 0.25) is 0 Å². The normalized spacial score (nSPS) is 34.2. The van der Waals surface area contributed by atoms with Crippen molar-refractivity contribution in [1.82, 2.24) is 4.90 Å². The van der Waals surface area contributed by atoms with Gasteiger partial charge in [-0.15, -0.1) is 0 Å². The molecule has 0 aliphatic carbocycles. The lowest BCUT2D eigenvalue weighted by Gasteiger charge is -2.52. The number of esters is 1. The molecule has 1 aromatic rings. The van der Waals surface area contributed by atoms with Gasteiger partial charge in [-0.25, -0.2) is 0 Å². The van der Waals surface area contributed by atoms with E-state index in [0.717, 1.165) is 42.9 Å². The van der Waals surface area contributed by atoms with Gasteiger partial charge in [0.25, 0.3) is 0 Å². The lowest BCUT2D eigenvalue weighted by molar-refractivity contribution is -0.155. The summed E-state index contributed by atoms with van der Waals surface area (Å²) in [7, 11) is 3.61. The number of methoxy groups -OCH3 is 1. The van der Waals surface area contributed by atoms with Crippen LogP contribution in [0.15, 0.2) is 30.4 Å². The molecular formula is C23H32N2O4. The fraction of sp³-hybridized carbons (Fsp3) is 0.609. The second kappa shape index (κ2) is 7.03.